The normalized spacial score (nSPS) is 10.3. The van der Waals surface area contributed by atoms with Gasteiger partial charge < -0.3 is 10.5 Å². The highest BCUT2D eigenvalue weighted by Crippen LogP contribution is 2.14. The molecule has 0 aliphatic carbocycles. The summed E-state index contributed by atoms with van der Waals surface area (Å²) >= 11 is 0. The van der Waals surface area contributed by atoms with Gasteiger partial charge in [0.2, 0.25) is 0 Å². The number of carbonyl (C=O) groups is 1. The average molecular weight is 278 g/mol. The van der Waals surface area contributed by atoms with E-state index in [1.807, 2.05) is 0 Å². The highest BCUT2D eigenvalue weighted by molar-refractivity contribution is 5.91. The van der Waals surface area contributed by atoms with Crippen molar-refractivity contribution < 1.29 is 18.3 Å². The molecule has 0 bridgehead atoms. The zero-order valence-corrected chi connectivity index (χ0v) is 10.7. The second-order valence-electron chi connectivity index (χ2n) is 4.21. The minimum atomic E-state index is -0.764. The van der Waals surface area contributed by atoms with E-state index in [-0.39, 0.29) is 17.7 Å². The highest BCUT2D eigenvalue weighted by atomic mass is 19.1. The quantitative estimate of drug-likeness (QED) is 0.876. The van der Waals surface area contributed by atoms with Crippen LogP contribution in [0.25, 0.3) is 0 Å². The first kappa shape index (κ1) is 13.9. The molecular weight excluding hydrogens is 266 g/mol. The third kappa shape index (κ3) is 3.09. The summed E-state index contributed by atoms with van der Waals surface area (Å²) < 4.78 is 31.1. The van der Waals surface area contributed by atoms with Gasteiger partial charge in [0.25, 0.3) is 0 Å². The van der Waals surface area contributed by atoms with Crippen LogP contribution in [0.2, 0.25) is 0 Å². The van der Waals surface area contributed by atoms with Gasteiger partial charge in [0.05, 0.1) is 23.1 Å². The minimum absolute atomic E-state index is 0.0919. The molecule has 104 valence electrons. The van der Waals surface area contributed by atoms with E-state index in [1.165, 1.54) is 18.3 Å². The lowest BCUT2D eigenvalue weighted by Gasteiger charge is -2.08. The van der Waals surface area contributed by atoms with E-state index in [0.717, 1.165) is 12.1 Å². The lowest BCUT2D eigenvalue weighted by atomic mass is 10.2. The Morgan fingerprint density at radius 2 is 2.10 bits per heavy atom. The van der Waals surface area contributed by atoms with Crippen molar-refractivity contribution >= 4 is 11.7 Å². The van der Waals surface area contributed by atoms with Crippen LogP contribution in [0.4, 0.5) is 14.5 Å². The largest absolute Gasteiger partial charge is 0.457 e. The van der Waals surface area contributed by atoms with Gasteiger partial charge in [-0.2, -0.15) is 0 Å². The molecule has 2 rings (SSSR count). The summed E-state index contributed by atoms with van der Waals surface area (Å²) in [4.78, 5) is 15.8. The molecule has 0 fully saturated rings. The topological polar surface area (TPSA) is 65.2 Å². The van der Waals surface area contributed by atoms with Gasteiger partial charge in [-0.25, -0.2) is 13.6 Å². The Bertz CT molecular complexity index is 660. The Morgan fingerprint density at radius 3 is 2.80 bits per heavy atom. The Hall–Kier alpha value is -2.50. The van der Waals surface area contributed by atoms with E-state index >= 15 is 0 Å². The monoisotopic (exact) mass is 278 g/mol. The van der Waals surface area contributed by atoms with E-state index in [2.05, 4.69) is 4.98 Å². The molecule has 0 aliphatic heterocycles. The number of nitrogens with two attached hydrogens (primary N) is 1. The van der Waals surface area contributed by atoms with Crippen LogP contribution in [-0.2, 0) is 11.3 Å². The van der Waals surface area contributed by atoms with Crippen LogP contribution in [-0.4, -0.2) is 11.0 Å². The molecule has 0 unspecified atom stereocenters. The number of aryl methyl sites for hydroxylation is 1. The van der Waals surface area contributed by atoms with Crippen LogP contribution in [0, 0.1) is 18.6 Å². The third-order valence-electron chi connectivity index (χ3n) is 2.70. The number of ether oxygens (including phenoxy) is 1. The van der Waals surface area contributed by atoms with Gasteiger partial charge in [-0.3, -0.25) is 4.98 Å². The molecular formula is C14H12F2N2O2. The summed E-state index contributed by atoms with van der Waals surface area (Å²) in [5.74, 6) is -2.11. The molecule has 0 saturated heterocycles. The molecule has 6 heteroatoms. The van der Waals surface area contributed by atoms with Crippen molar-refractivity contribution in [3.63, 3.8) is 0 Å². The van der Waals surface area contributed by atoms with Crippen LogP contribution < -0.4 is 5.73 Å². The summed E-state index contributed by atoms with van der Waals surface area (Å²) in [5.41, 5.74) is 6.64. The highest BCUT2D eigenvalue weighted by Gasteiger charge is 2.13. The number of rotatable bonds is 3. The molecule has 0 saturated carbocycles. The van der Waals surface area contributed by atoms with Crippen LogP contribution >= 0.6 is 0 Å². The van der Waals surface area contributed by atoms with E-state index in [4.69, 9.17) is 10.5 Å². The first-order chi connectivity index (χ1) is 9.47. The fourth-order valence-corrected chi connectivity index (χ4v) is 1.62. The molecule has 0 atom stereocenters. The molecule has 0 radical (unpaired) electrons. The number of esters is 1. The number of halogens is 2. The van der Waals surface area contributed by atoms with Gasteiger partial charge in [0, 0.05) is 11.6 Å². The second kappa shape index (κ2) is 5.64. The van der Waals surface area contributed by atoms with Crippen molar-refractivity contribution in [2.24, 2.45) is 0 Å². The summed E-state index contributed by atoms with van der Waals surface area (Å²) in [7, 11) is 0. The average Bonchev–Trinajstić information content (AvgIpc) is 2.40. The van der Waals surface area contributed by atoms with Gasteiger partial charge in [-0.05, 0) is 25.1 Å². The molecule has 0 aliphatic rings. The number of aromatic nitrogens is 1. The predicted molar refractivity (Wildman–Crippen MR) is 68.9 cm³/mol. The number of nitrogens with zero attached hydrogens (tertiary/aromatic N) is 1. The first-order valence-electron chi connectivity index (χ1n) is 5.80. The van der Waals surface area contributed by atoms with Crippen LogP contribution in [0.1, 0.15) is 21.6 Å². The van der Waals surface area contributed by atoms with Crippen LogP contribution in [0.5, 0.6) is 0 Å². The number of anilines is 1. The van der Waals surface area contributed by atoms with E-state index in [0.29, 0.717) is 11.4 Å². The Balaban J connectivity index is 2.10. The predicted octanol–water partition coefficient (Wildman–Crippen LogP) is 2.61. The van der Waals surface area contributed by atoms with Gasteiger partial charge in [0.1, 0.15) is 18.2 Å². The van der Waals surface area contributed by atoms with Crippen molar-refractivity contribution in [2.75, 3.05) is 5.73 Å². The van der Waals surface area contributed by atoms with Gasteiger partial charge in [-0.15, -0.1) is 0 Å². The lowest BCUT2D eigenvalue weighted by Crippen LogP contribution is -2.09. The number of nitrogen functional groups attached to an aromatic ring is 1. The number of carbonyl (C=O) groups excluding carboxylic acids is 1. The Labute approximate surface area is 114 Å². The summed E-state index contributed by atoms with van der Waals surface area (Å²) in [6, 6.07) is 4.49. The van der Waals surface area contributed by atoms with Crippen LogP contribution in [0.15, 0.2) is 30.5 Å². The molecule has 1 aromatic heterocycles. The molecule has 2 aromatic rings. The standard InChI is InChI=1S/C14H12F2N2O2/c1-8-12(5-11(17)6-18-8)14(19)20-7-9-2-3-10(15)4-13(9)16/h2-6H,7,17H2,1H3. The minimum Gasteiger partial charge on any atom is -0.457 e. The fraction of sp³-hybridized carbons (Fsp3) is 0.143. The Kier molecular flexibility index (Phi) is 3.93. The second-order valence-corrected chi connectivity index (χ2v) is 4.21. The van der Waals surface area contributed by atoms with Gasteiger partial charge >= 0.3 is 5.97 Å². The Morgan fingerprint density at radius 1 is 1.35 bits per heavy atom. The maximum Gasteiger partial charge on any atom is 0.340 e. The van der Waals surface area contributed by atoms with Gasteiger partial charge in [0.15, 0.2) is 0 Å². The number of benzene rings is 1. The van der Waals surface area contributed by atoms with Crippen molar-refractivity contribution in [1.29, 1.82) is 0 Å². The number of pyridine rings is 1. The lowest BCUT2D eigenvalue weighted by molar-refractivity contribution is 0.0467. The third-order valence-corrected chi connectivity index (χ3v) is 2.70. The van der Waals surface area contributed by atoms with E-state index in [9.17, 15) is 13.6 Å². The molecule has 2 N–H and O–H groups in total. The molecule has 4 nitrogen and oxygen atoms in total. The molecule has 1 heterocycles. The maximum absolute atomic E-state index is 13.4. The summed E-state index contributed by atoms with van der Waals surface area (Å²) in [5, 5.41) is 0. The maximum atomic E-state index is 13.4. The summed E-state index contributed by atoms with van der Waals surface area (Å²) in [6.45, 7) is 1.34. The SMILES string of the molecule is Cc1ncc(N)cc1C(=O)OCc1ccc(F)cc1F. The van der Waals surface area contributed by atoms with Crippen LogP contribution in [0.3, 0.4) is 0 Å². The fourth-order valence-electron chi connectivity index (χ4n) is 1.62. The van der Waals surface area contributed by atoms with Crippen molar-refractivity contribution in [1.82, 2.24) is 4.98 Å². The van der Waals surface area contributed by atoms with E-state index in [1.54, 1.807) is 6.92 Å². The number of hydrogen-bond acceptors (Lipinski definition) is 4. The van der Waals surface area contributed by atoms with E-state index < -0.39 is 17.6 Å². The molecule has 20 heavy (non-hydrogen) atoms. The first-order valence-corrected chi connectivity index (χ1v) is 5.80. The molecule has 1 aromatic carbocycles. The van der Waals surface area contributed by atoms with Crippen molar-refractivity contribution in [3.8, 4) is 0 Å². The smallest absolute Gasteiger partial charge is 0.340 e. The summed E-state index contributed by atoms with van der Waals surface area (Å²) in [6.07, 6.45) is 1.42. The zero-order valence-electron chi connectivity index (χ0n) is 10.7. The molecule has 0 spiro atoms. The molecule has 0 amide bonds. The number of hydrogen-bond donors (Lipinski definition) is 1. The zero-order chi connectivity index (χ0) is 14.7. The van der Waals surface area contributed by atoms with Gasteiger partial charge in [-0.1, -0.05) is 0 Å². The van der Waals surface area contributed by atoms with Crippen molar-refractivity contribution in [3.05, 3.63) is 58.9 Å². The van der Waals surface area contributed by atoms with Crippen molar-refractivity contribution in [2.45, 2.75) is 13.5 Å².